The molecule has 0 aliphatic carbocycles. The highest BCUT2D eigenvalue weighted by Crippen LogP contribution is 2.33. The van der Waals surface area contributed by atoms with Gasteiger partial charge in [-0.3, -0.25) is 14.6 Å². The van der Waals surface area contributed by atoms with Gasteiger partial charge in [0, 0.05) is 42.7 Å². The number of pyridine rings is 1. The molecule has 1 aromatic heterocycles. The zero-order valence-corrected chi connectivity index (χ0v) is 17.6. The van der Waals surface area contributed by atoms with Crippen molar-refractivity contribution in [3.8, 4) is 0 Å². The number of amides is 2. The van der Waals surface area contributed by atoms with Gasteiger partial charge in [-0.15, -0.1) is 0 Å². The average molecular weight is 432 g/mol. The van der Waals surface area contributed by atoms with E-state index in [0.717, 1.165) is 24.0 Å². The van der Waals surface area contributed by atoms with Gasteiger partial charge in [0.15, 0.2) is 0 Å². The molecule has 1 saturated heterocycles. The number of nitrogens with one attached hydrogen (secondary N) is 1. The number of aromatic nitrogens is 1. The van der Waals surface area contributed by atoms with Crippen LogP contribution in [0.3, 0.4) is 0 Å². The monoisotopic (exact) mass is 432 g/mol. The van der Waals surface area contributed by atoms with Gasteiger partial charge in [0.2, 0.25) is 5.91 Å². The number of halogens is 1. The molecule has 0 bridgehead atoms. The normalized spacial score (nSPS) is 16.6. The van der Waals surface area contributed by atoms with E-state index in [0.29, 0.717) is 17.8 Å². The minimum atomic E-state index is -0.492. The van der Waals surface area contributed by atoms with Crippen molar-refractivity contribution in [2.24, 2.45) is 5.73 Å². The van der Waals surface area contributed by atoms with E-state index in [1.54, 1.807) is 59.8 Å². The molecule has 1 aliphatic heterocycles. The number of nitrogens with zero attached hydrogens (tertiary/aromatic N) is 2. The first kappa shape index (κ1) is 21.6. The predicted octanol–water partition coefficient (Wildman–Crippen LogP) is 4.23. The molecule has 7 heteroatoms. The molecule has 1 aliphatic rings. The Labute approximate surface area is 186 Å². The van der Waals surface area contributed by atoms with Crippen LogP contribution in [0.5, 0.6) is 0 Å². The summed E-state index contributed by atoms with van der Waals surface area (Å²) in [6.45, 7) is 0.640. The molecule has 1 unspecified atom stereocenters. The topological polar surface area (TPSA) is 88.3 Å². The van der Waals surface area contributed by atoms with Crippen LogP contribution in [0.25, 0.3) is 0 Å². The van der Waals surface area contributed by atoms with Crippen molar-refractivity contribution < 1.29 is 14.0 Å². The highest BCUT2D eigenvalue weighted by Gasteiger charge is 2.31. The van der Waals surface area contributed by atoms with E-state index in [-0.39, 0.29) is 30.1 Å². The van der Waals surface area contributed by atoms with Gasteiger partial charge >= 0.3 is 0 Å². The summed E-state index contributed by atoms with van der Waals surface area (Å²) in [4.78, 5) is 31.1. The summed E-state index contributed by atoms with van der Waals surface area (Å²) in [5.74, 6) is -0.585. The molecule has 2 heterocycles. The molecule has 2 amide bonds. The van der Waals surface area contributed by atoms with Crippen molar-refractivity contribution in [1.82, 2.24) is 9.88 Å². The molecule has 0 spiro atoms. The Bertz CT molecular complexity index is 1090. The second-order valence-electron chi connectivity index (χ2n) is 7.92. The molecule has 0 radical (unpaired) electrons. The van der Waals surface area contributed by atoms with Crippen LogP contribution < -0.4 is 11.1 Å². The van der Waals surface area contributed by atoms with Crippen LogP contribution in [0.15, 0.2) is 73.1 Å². The molecule has 2 aromatic carbocycles. The Morgan fingerprint density at radius 2 is 1.88 bits per heavy atom. The van der Waals surface area contributed by atoms with E-state index in [1.165, 1.54) is 12.1 Å². The molecular formula is C25H25FN4O2. The van der Waals surface area contributed by atoms with Gasteiger partial charge < -0.3 is 16.0 Å². The highest BCUT2D eigenvalue weighted by atomic mass is 19.1. The van der Waals surface area contributed by atoms with Gasteiger partial charge in [0.05, 0.1) is 6.04 Å². The van der Waals surface area contributed by atoms with Gasteiger partial charge in [-0.25, -0.2) is 4.39 Å². The van der Waals surface area contributed by atoms with E-state index in [2.05, 4.69) is 10.3 Å². The number of likely N-dealkylation sites (tertiary alicyclic amines) is 1. The first-order valence-electron chi connectivity index (χ1n) is 10.6. The van der Waals surface area contributed by atoms with Crippen LogP contribution in [-0.4, -0.2) is 28.2 Å². The van der Waals surface area contributed by atoms with E-state index in [9.17, 15) is 14.0 Å². The maximum atomic E-state index is 13.6. The summed E-state index contributed by atoms with van der Waals surface area (Å²) in [7, 11) is 0. The Morgan fingerprint density at radius 3 is 2.59 bits per heavy atom. The number of hydrogen-bond donors (Lipinski definition) is 2. The minimum Gasteiger partial charge on any atom is -0.336 e. The molecule has 2 atom stereocenters. The standard InChI is InChI=1S/C25H25FN4O2/c26-20-4-1-3-19(15-20)23-5-2-14-30(23)24(31)16-22(27)17-6-8-18(9-7-17)25(32)29-21-10-12-28-13-11-21/h1,3-4,6-13,15,22-23H,2,5,14,16,27H2,(H,28,29,32)/t22-,23?/m0/s1. The maximum absolute atomic E-state index is 13.6. The van der Waals surface area contributed by atoms with Crippen LogP contribution in [0.2, 0.25) is 0 Å². The lowest BCUT2D eigenvalue weighted by Crippen LogP contribution is -2.33. The lowest BCUT2D eigenvalue weighted by atomic mass is 10.0. The first-order chi connectivity index (χ1) is 15.5. The quantitative estimate of drug-likeness (QED) is 0.610. The van der Waals surface area contributed by atoms with Crippen LogP contribution in [0.1, 0.15) is 52.8 Å². The van der Waals surface area contributed by atoms with Crippen molar-refractivity contribution in [3.63, 3.8) is 0 Å². The molecule has 4 rings (SSSR count). The first-order valence-corrected chi connectivity index (χ1v) is 10.6. The number of rotatable bonds is 6. The fourth-order valence-electron chi connectivity index (χ4n) is 4.07. The van der Waals surface area contributed by atoms with Crippen molar-refractivity contribution in [2.75, 3.05) is 11.9 Å². The fraction of sp³-hybridized carbons (Fsp3) is 0.240. The summed E-state index contributed by atoms with van der Waals surface area (Å²) in [6.07, 6.45) is 5.05. The molecule has 32 heavy (non-hydrogen) atoms. The summed E-state index contributed by atoms with van der Waals surface area (Å²) < 4.78 is 13.6. The van der Waals surface area contributed by atoms with Gasteiger partial charge in [0.25, 0.3) is 5.91 Å². The van der Waals surface area contributed by atoms with Crippen molar-refractivity contribution >= 4 is 17.5 Å². The van der Waals surface area contributed by atoms with Crippen molar-refractivity contribution in [1.29, 1.82) is 0 Å². The Kier molecular flexibility index (Phi) is 6.56. The molecule has 3 aromatic rings. The highest BCUT2D eigenvalue weighted by molar-refractivity contribution is 6.04. The zero-order valence-electron chi connectivity index (χ0n) is 17.6. The lowest BCUT2D eigenvalue weighted by Gasteiger charge is -2.26. The molecule has 164 valence electrons. The lowest BCUT2D eigenvalue weighted by molar-refractivity contribution is -0.132. The second kappa shape index (κ2) is 9.70. The van der Waals surface area contributed by atoms with Crippen LogP contribution in [-0.2, 0) is 4.79 Å². The van der Waals surface area contributed by atoms with E-state index in [1.807, 2.05) is 6.07 Å². The Morgan fingerprint density at radius 1 is 1.12 bits per heavy atom. The van der Waals surface area contributed by atoms with Crippen LogP contribution >= 0.6 is 0 Å². The molecule has 0 saturated carbocycles. The van der Waals surface area contributed by atoms with Gasteiger partial charge in [-0.05, 0) is 60.4 Å². The summed E-state index contributed by atoms with van der Waals surface area (Å²) >= 11 is 0. The molecule has 1 fully saturated rings. The van der Waals surface area contributed by atoms with E-state index >= 15 is 0 Å². The van der Waals surface area contributed by atoms with E-state index < -0.39 is 6.04 Å². The van der Waals surface area contributed by atoms with Crippen LogP contribution in [0.4, 0.5) is 10.1 Å². The number of carbonyl (C=O) groups is 2. The maximum Gasteiger partial charge on any atom is 0.255 e. The number of carbonyl (C=O) groups excluding carboxylic acids is 2. The molecule has 6 nitrogen and oxygen atoms in total. The summed E-state index contributed by atoms with van der Waals surface area (Å²) in [5, 5.41) is 2.80. The molecule has 3 N–H and O–H groups in total. The van der Waals surface area contributed by atoms with E-state index in [4.69, 9.17) is 5.73 Å². The number of hydrogen-bond acceptors (Lipinski definition) is 4. The Balaban J connectivity index is 1.38. The number of anilines is 1. The number of nitrogens with two attached hydrogens (primary N) is 1. The average Bonchev–Trinajstić information content (AvgIpc) is 3.30. The van der Waals surface area contributed by atoms with Gasteiger partial charge in [0.1, 0.15) is 5.82 Å². The fourth-order valence-corrected chi connectivity index (χ4v) is 4.07. The van der Waals surface area contributed by atoms with Crippen molar-refractivity contribution in [3.05, 3.63) is 95.6 Å². The SMILES string of the molecule is N[C@@H](CC(=O)N1CCCC1c1cccc(F)c1)c1ccc(C(=O)Nc2ccncc2)cc1. The predicted molar refractivity (Wildman–Crippen MR) is 120 cm³/mol. The minimum absolute atomic E-state index is 0.0521. The summed E-state index contributed by atoms with van der Waals surface area (Å²) in [6, 6.07) is 16.2. The Hall–Kier alpha value is -3.58. The smallest absolute Gasteiger partial charge is 0.255 e. The van der Waals surface area contributed by atoms with Gasteiger partial charge in [-0.2, -0.15) is 0 Å². The third-order valence-electron chi connectivity index (χ3n) is 5.74. The van der Waals surface area contributed by atoms with Crippen LogP contribution in [0, 0.1) is 5.82 Å². The third-order valence-corrected chi connectivity index (χ3v) is 5.74. The van der Waals surface area contributed by atoms with Crippen molar-refractivity contribution in [2.45, 2.75) is 31.3 Å². The molecular weight excluding hydrogens is 407 g/mol. The van der Waals surface area contributed by atoms with Gasteiger partial charge in [-0.1, -0.05) is 24.3 Å². The zero-order chi connectivity index (χ0) is 22.5. The number of benzene rings is 2. The largest absolute Gasteiger partial charge is 0.336 e. The second-order valence-corrected chi connectivity index (χ2v) is 7.92. The summed E-state index contributed by atoms with van der Waals surface area (Å²) in [5.41, 5.74) is 9.06. The third kappa shape index (κ3) is 5.00.